The van der Waals surface area contributed by atoms with Crippen molar-refractivity contribution in [1.82, 2.24) is 14.6 Å². The molecule has 1 amide bonds. The smallest absolute Gasteiger partial charge is 0.264 e. The normalized spacial score (nSPS) is 11.6. The predicted octanol–water partition coefficient (Wildman–Crippen LogP) is 5.22. The minimum Gasteiger partial charge on any atom is -0.483 e. The average Bonchev–Trinajstić information content (AvgIpc) is 3.27. The number of hydrogen-bond donors (Lipinski definition) is 1. The lowest BCUT2D eigenvalue weighted by Crippen LogP contribution is -2.22. The minimum atomic E-state index is -0.345. The Morgan fingerprint density at radius 3 is 2.65 bits per heavy atom. The molecule has 0 atom stereocenters. The number of halogens is 1. The van der Waals surface area contributed by atoms with Gasteiger partial charge in [0.1, 0.15) is 11.6 Å². The van der Waals surface area contributed by atoms with Gasteiger partial charge in [-0.2, -0.15) is 4.98 Å². The summed E-state index contributed by atoms with van der Waals surface area (Å²) in [6, 6.07) is 12.1. The van der Waals surface area contributed by atoms with Gasteiger partial charge in [-0.15, -0.1) is 16.4 Å². The Morgan fingerprint density at radius 1 is 1.19 bits per heavy atom. The van der Waals surface area contributed by atoms with E-state index in [1.165, 1.54) is 23.5 Å². The second-order valence-electron chi connectivity index (χ2n) is 8.34. The summed E-state index contributed by atoms with van der Waals surface area (Å²) in [7, 11) is 0. The first kappa shape index (κ1) is 21.0. The lowest BCUT2D eigenvalue weighted by Gasteiger charge is -2.23. The van der Waals surface area contributed by atoms with Gasteiger partial charge in [0, 0.05) is 10.9 Å². The van der Waals surface area contributed by atoms with Gasteiger partial charge in [0.25, 0.3) is 11.9 Å². The molecule has 0 fully saturated rings. The van der Waals surface area contributed by atoms with Crippen LogP contribution < -0.4 is 10.1 Å². The van der Waals surface area contributed by atoms with Crippen LogP contribution in [0.3, 0.4) is 0 Å². The van der Waals surface area contributed by atoms with E-state index in [9.17, 15) is 9.18 Å². The largest absolute Gasteiger partial charge is 0.483 e. The van der Waals surface area contributed by atoms with Gasteiger partial charge in [0.15, 0.2) is 6.61 Å². The highest BCUT2D eigenvalue weighted by atomic mass is 32.1. The zero-order valence-electron chi connectivity index (χ0n) is 17.8. The van der Waals surface area contributed by atoms with Crippen LogP contribution in [0.4, 0.5) is 10.3 Å². The summed E-state index contributed by atoms with van der Waals surface area (Å²) in [6.45, 7) is 8.20. The van der Waals surface area contributed by atoms with Crippen LogP contribution in [0.2, 0.25) is 0 Å². The molecule has 0 radical (unpaired) electrons. The van der Waals surface area contributed by atoms with Gasteiger partial charge < -0.3 is 4.74 Å². The third-order valence-electron chi connectivity index (χ3n) is 4.77. The molecule has 0 aliphatic heterocycles. The Hall–Kier alpha value is -3.26. The van der Waals surface area contributed by atoms with Crippen molar-refractivity contribution in [3.05, 3.63) is 64.8 Å². The molecule has 160 valence electrons. The summed E-state index contributed by atoms with van der Waals surface area (Å²) in [5, 5.41) is 8.95. The van der Waals surface area contributed by atoms with E-state index >= 15 is 0 Å². The molecule has 0 aliphatic rings. The van der Waals surface area contributed by atoms with Gasteiger partial charge >= 0.3 is 0 Å². The summed E-state index contributed by atoms with van der Waals surface area (Å²) < 4.78 is 20.6. The molecule has 6 nitrogen and oxygen atoms in total. The fourth-order valence-electron chi connectivity index (χ4n) is 3.21. The van der Waals surface area contributed by atoms with Crippen molar-refractivity contribution in [1.29, 1.82) is 0 Å². The number of anilines is 1. The first-order chi connectivity index (χ1) is 14.7. The molecule has 31 heavy (non-hydrogen) atoms. The maximum Gasteiger partial charge on any atom is 0.264 e. The van der Waals surface area contributed by atoms with Gasteiger partial charge in [-0.25, -0.2) is 8.91 Å². The number of nitrogens with zero attached hydrogens (tertiary/aromatic N) is 3. The molecule has 2 aromatic heterocycles. The van der Waals surface area contributed by atoms with Gasteiger partial charge in [0.2, 0.25) is 4.96 Å². The van der Waals surface area contributed by atoms with E-state index in [2.05, 4.69) is 42.2 Å². The van der Waals surface area contributed by atoms with Crippen LogP contribution in [0.5, 0.6) is 5.75 Å². The summed E-state index contributed by atoms with van der Waals surface area (Å²) in [5.41, 5.74) is 3.67. The Bertz CT molecular complexity index is 1240. The standard InChI is InChI=1S/C23H23FN4O2S/c1-14-5-10-19(17(11-14)23(2,3)4)30-12-20(29)25-21-26-22-28(27-21)18(13-31-22)15-6-8-16(24)9-7-15/h5-11,13H,12H2,1-4H3,(H,25,27,29). The maximum atomic E-state index is 13.2. The molecule has 0 bridgehead atoms. The molecule has 4 aromatic rings. The number of benzene rings is 2. The molecule has 4 rings (SSSR count). The zero-order valence-corrected chi connectivity index (χ0v) is 18.6. The molecular weight excluding hydrogens is 415 g/mol. The second kappa shape index (κ2) is 8.11. The number of aryl methyl sites for hydroxylation is 1. The molecule has 1 N–H and O–H groups in total. The number of ether oxygens (including phenoxy) is 1. The van der Waals surface area contributed by atoms with Crippen molar-refractivity contribution in [2.75, 3.05) is 11.9 Å². The first-order valence-electron chi connectivity index (χ1n) is 9.85. The fourth-order valence-corrected chi connectivity index (χ4v) is 4.04. The number of aromatic nitrogens is 3. The molecule has 8 heteroatoms. The number of fused-ring (bicyclic) bond motifs is 1. The van der Waals surface area contributed by atoms with Crippen LogP contribution >= 0.6 is 11.3 Å². The van der Waals surface area contributed by atoms with E-state index in [0.29, 0.717) is 10.7 Å². The van der Waals surface area contributed by atoms with E-state index in [-0.39, 0.29) is 29.7 Å². The van der Waals surface area contributed by atoms with E-state index < -0.39 is 0 Å². The van der Waals surface area contributed by atoms with Crippen LogP contribution in [-0.4, -0.2) is 27.1 Å². The SMILES string of the molecule is Cc1ccc(OCC(=O)Nc2nc3scc(-c4ccc(F)cc4)n3n2)c(C(C)(C)C)c1. The lowest BCUT2D eigenvalue weighted by molar-refractivity contribution is -0.118. The highest BCUT2D eigenvalue weighted by Crippen LogP contribution is 2.32. The van der Waals surface area contributed by atoms with E-state index in [1.807, 2.05) is 24.4 Å². The van der Waals surface area contributed by atoms with Crippen LogP contribution in [0.15, 0.2) is 47.8 Å². The molecule has 0 saturated heterocycles. The van der Waals surface area contributed by atoms with E-state index in [4.69, 9.17) is 4.74 Å². The van der Waals surface area contributed by atoms with Gasteiger partial charge in [-0.05, 0) is 48.2 Å². The molecule has 0 spiro atoms. The van der Waals surface area contributed by atoms with Crippen molar-refractivity contribution < 1.29 is 13.9 Å². The number of hydrogen-bond acceptors (Lipinski definition) is 5. The Labute approximate surface area is 183 Å². The number of thiazole rings is 1. The fraction of sp³-hybridized carbons (Fsp3) is 0.261. The van der Waals surface area contributed by atoms with Crippen LogP contribution in [0.1, 0.15) is 31.9 Å². The number of carbonyl (C=O) groups is 1. The van der Waals surface area contributed by atoms with Crippen LogP contribution in [-0.2, 0) is 10.2 Å². The monoisotopic (exact) mass is 438 g/mol. The van der Waals surface area contributed by atoms with Crippen molar-refractivity contribution >= 4 is 28.2 Å². The topological polar surface area (TPSA) is 68.5 Å². The van der Waals surface area contributed by atoms with Crippen LogP contribution in [0.25, 0.3) is 16.2 Å². The minimum absolute atomic E-state index is 0.107. The first-order valence-corrected chi connectivity index (χ1v) is 10.7. The third kappa shape index (κ3) is 4.59. The average molecular weight is 439 g/mol. The molecule has 0 aliphatic carbocycles. The summed E-state index contributed by atoms with van der Waals surface area (Å²) in [6.07, 6.45) is 0. The van der Waals surface area contributed by atoms with Crippen molar-refractivity contribution in [3.63, 3.8) is 0 Å². The Morgan fingerprint density at radius 2 is 1.94 bits per heavy atom. The Balaban J connectivity index is 1.47. The van der Waals surface area contributed by atoms with Gasteiger partial charge in [-0.1, -0.05) is 38.5 Å². The predicted molar refractivity (Wildman–Crippen MR) is 120 cm³/mol. The van der Waals surface area contributed by atoms with Crippen molar-refractivity contribution in [2.45, 2.75) is 33.1 Å². The van der Waals surface area contributed by atoms with Gasteiger partial charge in [0.05, 0.1) is 5.69 Å². The summed E-state index contributed by atoms with van der Waals surface area (Å²) >= 11 is 1.39. The molecular formula is C23H23FN4O2S. The van der Waals surface area contributed by atoms with E-state index in [0.717, 1.165) is 22.4 Å². The van der Waals surface area contributed by atoms with Crippen molar-refractivity contribution in [3.8, 4) is 17.0 Å². The summed E-state index contributed by atoms with van der Waals surface area (Å²) in [4.78, 5) is 17.4. The van der Waals surface area contributed by atoms with E-state index in [1.54, 1.807) is 16.6 Å². The number of carbonyl (C=O) groups excluding carboxylic acids is 1. The van der Waals surface area contributed by atoms with Crippen LogP contribution in [0, 0.1) is 12.7 Å². The number of amides is 1. The summed E-state index contributed by atoms with van der Waals surface area (Å²) in [5.74, 6) is 0.237. The van der Waals surface area contributed by atoms with Gasteiger partial charge in [-0.3, -0.25) is 10.1 Å². The molecule has 0 saturated carbocycles. The number of rotatable bonds is 5. The molecule has 2 heterocycles. The highest BCUT2D eigenvalue weighted by Gasteiger charge is 2.20. The zero-order chi connectivity index (χ0) is 22.2. The third-order valence-corrected chi connectivity index (χ3v) is 5.59. The second-order valence-corrected chi connectivity index (χ2v) is 9.18. The number of nitrogens with one attached hydrogen (secondary N) is 1. The molecule has 2 aromatic carbocycles. The highest BCUT2D eigenvalue weighted by molar-refractivity contribution is 7.15. The van der Waals surface area contributed by atoms with Crippen molar-refractivity contribution in [2.24, 2.45) is 0 Å². The Kier molecular flexibility index (Phi) is 5.49. The maximum absolute atomic E-state index is 13.2. The molecule has 0 unspecified atom stereocenters. The quantitative estimate of drug-likeness (QED) is 0.464. The lowest BCUT2D eigenvalue weighted by atomic mass is 9.85.